The third kappa shape index (κ3) is 3.24. The number of hydrogen-bond donors (Lipinski definition) is 2. The maximum Gasteiger partial charge on any atom is 0.418 e. The van der Waals surface area contributed by atoms with Crippen LogP contribution in [-0.4, -0.2) is 64.5 Å². The van der Waals surface area contributed by atoms with Crippen molar-refractivity contribution < 1.29 is 18.6 Å². The predicted molar refractivity (Wildman–Crippen MR) is 79.0 cm³/mol. The Bertz CT molecular complexity index is 476. The molecule has 0 bridgehead atoms. The molecule has 0 saturated heterocycles. The van der Waals surface area contributed by atoms with Crippen molar-refractivity contribution in [2.75, 3.05) is 28.2 Å². The molecule has 0 unspecified atom stereocenters. The van der Waals surface area contributed by atoms with Crippen molar-refractivity contribution in [2.45, 2.75) is 5.79 Å². The first kappa shape index (κ1) is 16.4. The fourth-order valence-corrected chi connectivity index (χ4v) is 3.55. The molecular weight excluding hydrogens is 272 g/mol. The molecule has 2 radical (unpaired) electrons. The van der Waals surface area contributed by atoms with Crippen LogP contribution >= 0.6 is 0 Å². The lowest BCUT2D eigenvalue weighted by Crippen LogP contribution is -2.73. The summed E-state index contributed by atoms with van der Waals surface area (Å²) >= 11 is 0. The van der Waals surface area contributed by atoms with Gasteiger partial charge in [-0.25, -0.2) is 18.6 Å². The summed E-state index contributed by atoms with van der Waals surface area (Å²) in [7, 11) is 7.03. The summed E-state index contributed by atoms with van der Waals surface area (Å²) in [6, 6.07) is 8.71. The van der Waals surface area contributed by atoms with Gasteiger partial charge in [-0.2, -0.15) is 0 Å². The molecule has 0 atom stereocenters. The molecule has 0 saturated carbocycles. The van der Waals surface area contributed by atoms with Gasteiger partial charge in [-0.1, -0.05) is 35.5 Å². The van der Waals surface area contributed by atoms with Crippen molar-refractivity contribution in [1.82, 2.24) is 0 Å². The zero-order valence-electron chi connectivity index (χ0n) is 12.3. The summed E-state index contributed by atoms with van der Waals surface area (Å²) in [5, 5.41) is 1.05. The van der Waals surface area contributed by atoms with E-state index in [2.05, 4.69) is 0 Å². The lowest BCUT2D eigenvalue weighted by Gasteiger charge is -2.41. The zero-order valence-corrected chi connectivity index (χ0v) is 13.3. The van der Waals surface area contributed by atoms with Crippen LogP contribution in [0.4, 0.5) is 9.59 Å². The molecule has 0 heterocycles. The molecular formula is C13H22N4O2Si+2. The molecule has 4 amide bonds. The van der Waals surface area contributed by atoms with E-state index in [1.54, 1.807) is 28.2 Å². The molecule has 6 nitrogen and oxygen atoms in total. The monoisotopic (exact) mass is 294 g/mol. The average Bonchev–Trinajstić information content (AvgIpc) is 2.36. The zero-order chi connectivity index (χ0) is 15.6. The molecule has 108 valence electrons. The Balaban J connectivity index is 3.22. The maximum absolute atomic E-state index is 11.8. The van der Waals surface area contributed by atoms with E-state index >= 15 is 0 Å². The number of hydrogen-bond acceptors (Lipinski definition) is 2. The van der Waals surface area contributed by atoms with Crippen LogP contribution in [0.15, 0.2) is 30.3 Å². The van der Waals surface area contributed by atoms with Crippen molar-refractivity contribution in [3.63, 3.8) is 0 Å². The van der Waals surface area contributed by atoms with Crippen LogP contribution in [0.2, 0.25) is 0 Å². The van der Waals surface area contributed by atoms with Crippen molar-refractivity contribution >= 4 is 26.8 Å². The Hall–Kier alpha value is -1.70. The van der Waals surface area contributed by atoms with E-state index in [0.29, 0.717) is 0 Å². The van der Waals surface area contributed by atoms with E-state index < -0.39 is 12.1 Å². The van der Waals surface area contributed by atoms with Crippen molar-refractivity contribution in [2.24, 2.45) is 11.5 Å². The van der Waals surface area contributed by atoms with Gasteiger partial charge in [0, 0.05) is 0 Å². The highest BCUT2D eigenvalue weighted by molar-refractivity contribution is 6.54. The first-order valence-corrected chi connectivity index (χ1v) is 7.26. The van der Waals surface area contributed by atoms with Gasteiger partial charge in [0.15, 0.2) is 0 Å². The van der Waals surface area contributed by atoms with Crippen LogP contribution in [0.3, 0.4) is 0 Å². The number of primary amides is 2. The van der Waals surface area contributed by atoms with Crippen molar-refractivity contribution in [1.29, 1.82) is 0 Å². The molecule has 0 aliphatic rings. The Morgan fingerprint density at radius 3 is 1.70 bits per heavy atom. The van der Waals surface area contributed by atoms with E-state index in [-0.39, 0.29) is 24.3 Å². The standard InChI is InChI=1S/C13H20N4O2Si/c1-16(2,11(14)18)13(17(3,4)12(15)19)20-10-8-6-5-7-9-10/h5-9,13H,1-4H3,(H2-2,14,15,18,19)/p+2. The molecule has 0 aliphatic carbocycles. The molecule has 0 fully saturated rings. The minimum absolute atomic E-state index is 0.108. The van der Waals surface area contributed by atoms with Crippen LogP contribution in [0, 0.1) is 0 Å². The number of nitrogens with two attached hydrogens (primary N) is 2. The van der Waals surface area contributed by atoms with Crippen LogP contribution in [0.5, 0.6) is 0 Å². The predicted octanol–water partition coefficient (Wildman–Crippen LogP) is -0.390. The van der Waals surface area contributed by atoms with Gasteiger partial charge < -0.3 is 11.5 Å². The van der Waals surface area contributed by atoms with Gasteiger partial charge in [-0.3, -0.25) is 0 Å². The number of nitrogens with zero attached hydrogens (tertiary/aromatic N) is 2. The Morgan fingerprint density at radius 2 is 1.35 bits per heavy atom. The average molecular weight is 294 g/mol. The number of urea groups is 2. The Kier molecular flexibility index (Phi) is 4.69. The second-order valence-electron chi connectivity index (χ2n) is 5.64. The van der Waals surface area contributed by atoms with E-state index in [9.17, 15) is 9.59 Å². The van der Waals surface area contributed by atoms with Gasteiger partial charge in [0.05, 0.1) is 28.2 Å². The highest BCUT2D eigenvalue weighted by atomic mass is 28.2. The Morgan fingerprint density at radius 1 is 0.950 bits per heavy atom. The second-order valence-corrected chi connectivity index (χ2v) is 7.02. The molecule has 1 aromatic carbocycles. The first-order chi connectivity index (χ1) is 9.10. The van der Waals surface area contributed by atoms with Gasteiger partial charge in [-0.15, -0.1) is 0 Å². The Labute approximate surface area is 122 Å². The molecule has 1 aromatic rings. The number of carbonyl (C=O) groups excluding carboxylic acids is 2. The molecule has 7 heteroatoms. The van der Waals surface area contributed by atoms with Crippen molar-refractivity contribution in [3.05, 3.63) is 30.3 Å². The van der Waals surface area contributed by atoms with E-state index in [0.717, 1.165) is 5.19 Å². The highest BCUT2D eigenvalue weighted by Gasteiger charge is 2.49. The van der Waals surface area contributed by atoms with Crippen molar-refractivity contribution in [3.8, 4) is 0 Å². The van der Waals surface area contributed by atoms with Crippen LogP contribution in [0.1, 0.15) is 0 Å². The molecule has 4 N–H and O–H groups in total. The van der Waals surface area contributed by atoms with Gasteiger partial charge in [-0.05, 0) is 0 Å². The summed E-state index contributed by atoms with van der Waals surface area (Å²) in [6.07, 6.45) is 0. The van der Waals surface area contributed by atoms with Crippen LogP contribution < -0.4 is 16.7 Å². The summed E-state index contributed by atoms with van der Waals surface area (Å²) in [5.41, 5.74) is 11.0. The number of amides is 4. The highest BCUT2D eigenvalue weighted by Crippen LogP contribution is 2.16. The first-order valence-electron chi connectivity index (χ1n) is 6.19. The largest absolute Gasteiger partial charge is 0.418 e. The lowest BCUT2D eigenvalue weighted by atomic mass is 10.4. The van der Waals surface area contributed by atoms with E-state index in [1.165, 1.54) is 0 Å². The summed E-state index contributed by atoms with van der Waals surface area (Å²) < 4.78 is -0.216. The third-order valence-electron chi connectivity index (χ3n) is 3.43. The maximum atomic E-state index is 11.8. The van der Waals surface area contributed by atoms with Gasteiger partial charge >= 0.3 is 12.1 Å². The number of benzene rings is 1. The number of carbonyl (C=O) groups is 2. The van der Waals surface area contributed by atoms with Crippen LogP contribution in [-0.2, 0) is 0 Å². The topological polar surface area (TPSA) is 86.2 Å². The normalized spacial score (nSPS) is 12.4. The fourth-order valence-electron chi connectivity index (χ4n) is 1.97. The second kappa shape index (κ2) is 5.74. The summed E-state index contributed by atoms with van der Waals surface area (Å²) in [4.78, 5) is 23.5. The van der Waals surface area contributed by atoms with Gasteiger partial charge in [0.25, 0.3) is 0 Å². The fraction of sp³-hybridized carbons (Fsp3) is 0.385. The lowest BCUT2D eigenvalue weighted by molar-refractivity contribution is -1.01. The molecule has 20 heavy (non-hydrogen) atoms. The van der Waals surface area contributed by atoms with Gasteiger partial charge in [0.2, 0.25) is 15.3 Å². The smallest absolute Gasteiger partial charge is 0.319 e. The molecule has 1 rings (SSSR count). The summed E-state index contributed by atoms with van der Waals surface area (Å²) in [6.45, 7) is 0. The summed E-state index contributed by atoms with van der Waals surface area (Å²) in [5.74, 6) is -0.368. The van der Waals surface area contributed by atoms with Gasteiger partial charge in [0.1, 0.15) is 0 Å². The molecule has 0 spiro atoms. The number of quaternary nitrogens is 2. The minimum atomic E-state index is -0.495. The van der Waals surface area contributed by atoms with Crippen LogP contribution in [0.25, 0.3) is 0 Å². The SMILES string of the molecule is C[N+](C)(C(N)=O)C([Si]c1ccccc1)[N+](C)(C)C(N)=O. The van der Waals surface area contributed by atoms with E-state index in [1.807, 2.05) is 30.3 Å². The van der Waals surface area contributed by atoms with E-state index in [4.69, 9.17) is 11.5 Å². The molecule has 0 aliphatic heterocycles. The minimum Gasteiger partial charge on any atom is -0.319 e. The molecule has 0 aromatic heterocycles. The quantitative estimate of drug-likeness (QED) is 0.450. The number of rotatable bonds is 4. The third-order valence-corrected chi connectivity index (χ3v) is 5.64.